The summed E-state index contributed by atoms with van der Waals surface area (Å²) < 4.78 is 35.2. The Hall–Kier alpha value is -6.56. The molecule has 12 heteroatoms. The van der Waals surface area contributed by atoms with Gasteiger partial charge in [-0.15, -0.1) is 0 Å². The molecular formula is C50H54N2O10. The normalized spacial score (nSPS) is 23.6. The quantitative estimate of drug-likeness (QED) is 0.0827. The van der Waals surface area contributed by atoms with Gasteiger partial charge >= 0.3 is 23.9 Å². The Balaban J connectivity index is 1.67. The van der Waals surface area contributed by atoms with Crippen molar-refractivity contribution in [2.45, 2.75) is 64.7 Å². The van der Waals surface area contributed by atoms with E-state index in [1.807, 2.05) is 94.7 Å². The van der Waals surface area contributed by atoms with Crippen LogP contribution in [0.3, 0.4) is 0 Å². The minimum atomic E-state index is -1.74. The summed E-state index contributed by atoms with van der Waals surface area (Å²) >= 11 is 0. The molecule has 1 saturated carbocycles. The molecule has 2 heterocycles. The van der Waals surface area contributed by atoms with Crippen molar-refractivity contribution in [3.05, 3.63) is 155 Å². The molecule has 0 bridgehead atoms. The maximum atomic E-state index is 15.9. The van der Waals surface area contributed by atoms with E-state index in [1.54, 1.807) is 78.6 Å². The lowest BCUT2D eigenvalue weighted by Crippen LogP contribution is -2.88. The molecule has 4 aromatic rings. The van der Waals surface area contributed by atoms with E-state index in [0.717, 1.165) is 11.1 Å². The number of carbonyl (C=O) groups excluding carboxylic acids is 4. The minimum absolute atomic E-state index is 0.00338. The van der Waals surface area contributed by atoms with E-state index in [1.165, 1.54) is 0 Å². The number of hydrogen-bond donors (Lipinski definition) is 0. The first-order chi connectivity index (χ1) is 30.1. The Morgan fingerprint density at radius 2 is 0.823 bits per heavy atom. The van der Waals surface area contributed by atoms with E-state index in [-0.39, 0.29) is 50.7 Å². The largest absolute Gasteiger partial charge is 0.497 e. The van der Waals surface area contributed by atoms with Crippen molar-refractivity contribution in [1.82, 2.24) is 9.80 Å². The molecule has 0 saturated heterocycles. The molecular weight excluding hydrogens is 789 g/mol. The molecule has 1 aliphatic carbocycles. The van der Waals surface area contributed by atoms with Gasteiger partial charge in [0.05, 0.1) is 63.9 Å². The van der Waals surface area contributed by atoms with Crippen LogP contribution in [-0.2, 0) is 51.2 Å². The predicted molar refractivity (Wildman–Crippen MR) is 231 cm³/mol. The van der Waals surface area contributed by atoms with Crippen molar-refractivity contribution in [3.8, 4) is 11.5 Å². The molecule has 2 aliphatic heterocycles. The van der Waals surface area contributed by atoms with E-state index in [9.17, 15) is 9.59 Å². The average molecular weight is 843 g/mol. The Morgan fingerprint density at radius 1 is 0.484 bits per heavy atom. The van der Waals surface area contributed by atoms with Crippen LogP contribution in [0, 0.1) is 10.8 Å². The van der Waals surface area contributed by atoms with Gasteiger partial charge in [0, 0.05) is 37.3 Å². The summed E-state index contributed by atoms with van der Waals surface area (Å²) in [6.07, 6.45) is 3.46. The van der Waals surface area contributed by atoms with E-state index in [2.05, 4.69) is 0 Å². The van der Waals surface area contributed by atoms with Gasteiger partial charge < -0.3 is 38.2 Å². The number of rotatable bonds is 16. The fraction of sp³-hybridized carbons (Fsp3) is 0.360. The summed E-state index contributed by atoms with van der Waals surface area (Å²) in [5.74, 6) is -3.43. The first-order valence-electron chi connectivity index (χ1n) is 21.1. The summed E-state index contributed by atoms with van der Waals surface area (Å²) in [7, 11) is 3.13. The predicted octanol–water partition coefficient (Wildman–Crippen LogP) is 7.35. The molecule has 324 valence electrons. The van der Waals surface area contributed by atoms with Gasteiger partial charge in [-0.05, 0) is 74.2 Å². The molecule has 0 spiro atoms. The fourth-order valence-corrected chi connectivity index (χ4v) is 10.2. The van der Waals surface area contributed by atoms with Gasteiger partial charge in [-0.1, -0.05) is 84.9 Å². The Labute approximate surface area is 363 Å². The van der Waals surface area contributed by atoms with E-state index in [0.29, 0.717) is 22.6 Å². The number of fused-ring (bicyclic) bond motifs is 4. The van der Waals surface area contributed by atoms with Gasteiger partial charge in [-0.25, -0.2) is 9.59 Å². The standard InChI is InChI=1S/C50H54N2O10/c1-7-59-43(53)39-31-51(29-33-17-13-11-14-18-33)45-49(47(55)61-9-3,41(39)35-21-25-37(57-5)26-22-35)46-50(45,48(56)62-10-4)42(36-23-27-38(58-6)28-24-36)40(44(54)60-8-2)32-52(46)30-34-19-15-12-16-20-34/h11-28,31-32,41-42,45-46H,7-10,29-30H2,1-6H3/t41-,42-,45?,46?,49?,50?/m0/s1. The molecule has 0 amide bonds. The van der Waals surface area contributed by atoms with Crippen molar-refractivity contribution in [2.75, 3.05) is 40.6 Å². The lowest BCUT2D eigenvalue weighted by molar-refractivity contribution is -0.252. The molecule has 12 nitrogen and oxygen atoms in total. The maximum absolute atomic E-state index is 15.9. The van der Waals surface area contributed by atoms with Gasteiger partial charge in [-0.3, -0.25) is 9.59 Å². The molecule has 62 heavy (non-hydrogen) atoms. The second-order valence-electron chi connectivity index (χ2n) is 15.5. The van der Waals surface area contributed by atoms with E-state index in [4.69, 9.17) is 28.4 Å². The molecule has 1 fully saturated rings. The number of esters is 4. The second kappa shape index (κ2) is 18.6. The lowest BCUT2D eigenvalue weighted by Gasteiger charge is -2.75. The molecule has 3 aliphatic rings. The van der Waals surface area contributed by atoms with Crippen molar-refractivity contribution < 1.29 is 47.6 Å². The highest BCUT2D eigenvalue weighted by Crippen LogP contribution is 2.75. The topological polar surface area (TPSA) is 130 Å². The zero-order chi connectivity index (χ0) is 44.0. The summed E-state index contributed by atoms with van der Waals surface area (Å²) in [5, 5.41) is 0. The highest BCUT2D eigenvalue weighted by Gasteiger charge is 2.87. The summed E-state index contributed by atoms with van der Waals surface area (Å²) in [5.41, 5.74) is -0.186. The van der Waals surface area contributed by atoms with Gasteiger partial charge in [0.25, 0.3) is 0 Å². The monoisotopic (exact) mass is 842 g/mol. The van der Waals surface area contributed by atoms with Crippen LogP contribution in [0.4, 0.5) is 0 Å². The number of hydrogen-bond acceptors (Lipinski definition) is 12. The Kier molecular flexibility index (Phi) is 13.1. The fourth-order valence-electron chi connectivity index (χ4n) is 10.2. The summed E-state index contributed by atoms with van der Waals surface area (Å²) in [4.78, 5) is 64.8. The molecule has 0 atom stereocenters. The van der Waals surface area contributed by atoms with E-state index >= 15 is 9.59 Å². The first kappa shape index (κ1) is 43.5. The van der Waals surface area contributed by atoms with Crippen molar-refractivity contribution in [1.29, 1.82) is 0 Å². The number of carbonyl (C=O) groups is 4. The van der Waals surface area contributed by atoms with Crippen molar-refractivity contribution in [3.63, 3.8) is 0 Å². The lowest BCUT2D eigenvalue weighted by atomic mass is 9.33. The van der Waals surface area contributed by atoms with Crippen LogP contribution in [0.15, 0.2) is 133 Å². The third-order valence-electron chi connectivity index (χ3n) is 12.3. The number of methoxy groups -OCH3 is 2. The number of nitrogens with zero attached hydrogens (tertiary/aromatic N) is 2. The second-order valence-corrected chi connectivity index (χ2v) is 15.5. The third-order valence-corrected chi connectivity index (χ3v) is 12.3. The SMILES string of the molecule is CCOC(=O)C1=CN(Cc2ccccc2)C2C(C(=O)OCC)(C3N(Cc4ccccc4)C=C(C(=O)OCC)[C@H](c4ccc(OC)cc4)C23C(=O)OCC)[C@H]1c1ccc(OC)cc1. The molecule has 4 aromatic carbocycles. The molecule has 0 radical (unpaired) electrons. The highest BCUT2D eigenvalue weighted by atomic mass is 16.5. The van der Waals surface area contributed by atoms with Crippen LogP contribution < -0.4 is 9.47 Å². The maximum Gasteiger partial charge on any atom is 0.336 e. The Bertz CT molecular complexity index is 2120. The highest BCUT2D eigenvalue weighted by molar-refractivity contribution is 6.01. The van der Waals surface area contributed by atoms with Gasteiger partial charge in [0.1, 0.15) is 22.3 Å². The van der Waals surface area contributed by atoms with Crippen LogP contribution in [-0.4, -0.2) is 86.4 Å². The summed E-state index contributed by atoms with van der Waals surface area (Å²) in [6.45, 7) is 7.39. The number of benzene rings is 4. The molecule has 0 N–H and O–H groups in total. The molecule has 7 rings (SSSR count). The van der Waals surface area contributed by atoms with Crippen molar-refractivity contribution >= 4 is 23.9 Å². The zero-order valence-corrected chi connectivity index (χ0v) is 36.1. The number of ether oxygens (including phenoxy) is 6. The van der Waals surface area contributed by atoms with Crippen LogP contribution in [0.2, 0.25) is 0 Å². The van der Waals surface area contributed by atoms with Crippen LogP contribution in [0.5, 0.6) is 11.5 Å². The Morgan fingerprint density at radius 3 is 1.13 bits per heavy atom. The van der Waals surface area contributed by atoms with Crippen LogP contribution in [0.1, 0.15) is 61.8 Å². The van der Waals surface area contributed by atoms with Crippen molar-refractivity contribution in [2.24, 2.45) is 10.8 Å². The van der Waals surface area contributed by atoms with Gasteiger partial charge in [0.15, 0.2) is 0 Å². The van der Waals surface area contributed by atoms with Crippen LogP contribution in [0.25, 0.3) is 0 Å². The third kappa shape index (κ3) is 7.35. The molecule has 0 unspecified atom stereocenters. The van der Waals surface area contributed by atoms with Gasteiger partial charge in [0.2, 0.25) is 0 Å². The summed E-state index contributed by atoms with van der Waals surface area (Å²) in [6, 6.07) is 31.4. The zero-order valence-electron chi connectivity index (χ0n) is 36.1. The van der Waals surface area contributed by atoms with E-state index < -0.39 is 58.6 Å². The molecule has 0 aromatic heterocycles. The minimum Gasteiger partial charge on any atom is -0.497 e. The smallest absolute Gasteiger partial charge is 0.336 e. The van der Waals surface area contributed by atoms with Crippen LogP contribution >= 0.6 is 0 Å². The first-order valence-corrected chi connectivity index (χ1v) is 21.1. The average Bonchev–Trinajstić information content (AvgIpc) is 3.28. The van der Waals surface area contributed by atoms with Gasteiger partial charge in [-0.2, -0.15) is 0 Å².